The molecule has 0 saturated carbocycles. The maximum atomic E-state index is 4.38. The number of rotatable bonds is 2. The van der Waals surface area contributed by atoms with E-state index in [1.54, 1.807) is 0 Å². The number of fused-ring (bicyclic) bond motifs is 2. The third-order valence-electron chi connectivity index (χ3n) is 3.21. The minimum Gasteiger partial charge on any atom is -0.305 e. The molecule has 1 radical (unpaired) electrons. The minimum absolute atomic E-state index is 0.989. The third kappa shape index (κ3) is 1.61. The molecule has 0 amide bonds. The molecule has 0 aliphatic carbocycles. The van der Waals surface area contributed by atoms with Crippen molar-refractivity contribution in [2.45, 2.75) is 0 Å². The Bertz CT molecular complexity index is 784. The number of hydrogen-bond acceptors (Lipinski definition) is 2. The zero-order valence-electron chi connectivity index (χ0n) is 10.1. The maximum absolute atomic E-state index is 4.38. The van der Waals surface area contributed by atoms with Crippen LogP contribution in [0.5, 0.6) is 0 Å². The molecule has 0 unspecified atom stereocenters. The van der Waals surface area contributed by atoms with E-state index in [4.69, 9.17) is 0 Å². The van der Waals surface area contributed by atoms with Crippen molar-refractivity contribution in [3.05, 3.63) is 67.9 Å². The van der Waals surface area contributed by atoms with Gasteiger partial charge in [-0.25, -0.2) is 9.97 Å². The summed E-state index contributed by atoms with van der Waals surface area (Å²) in [4.78, 5) is 8.75. The normalized spacial score (nSPS) is 11.4. The fourth-order valence-corrected chi connectivity index (χ4v) is 2.27. The maximum Gasteiger partial charge on any atom is 0.153 e. The molecule has 0 aliphatic heterocycles. The molecule has 0 atom stereocenters. The van der Waals surface area contributed by atoms with Crippen molar-refractivity contribution >= 4 is 22.1 Å². The van der Waals surface area contributed by atoms with Gasteiger partial charge in [0, 0.05) is 0 Å². The van der Waals surface area contributed by atoms with Gasteiger partial charge in [0.15, 0.2) is 6.67 Å². The lowest BCUT2D eigenvalue weighted by Gasteiger charge is -2.05. The molecule has 91 valence electrons. The molecule has 2 aromatic carbocycles. The summed E-state index contributed by atoms with van der Waals surface area (Å²) < 4.78 is 4.01. The minimum atomic E-state index is 0.989. The molecule has 2 aromatic heterocycles. The molecule has 0 saturated heterocycles. The average Bonchev–Trinajstić information content (AvgIpc) is 3.05. The van der Waals surface area contributed by atoms with Gasteiger partial charge in [0.25, 0.3) is 0 Å². The van der Waals surface area contributed by atoms with Crippen molar-refractivity contribution in [1.29, 1.82) is 0 Å². The Hall–Kier alpha value is -2.62. The lowest BCUT2D eigenvalue weighted by molar-refractivity contribution is 0.836. The van der Waals surface area contributed by atoms with Gasteiger partial charge in [-0.2, -0.15) is 0 Å². The van der Waals surface area contributed by atoms with Gasteiger partial charge in [0.05, 0.1) is 34.7 Å². The molecule has 4 heteroatoms. The van der Waals surface area contributed by atoms with Crippen molar-refractivity contribution < 1.29 is 0 Å². The van der Waals surface area contributed by atoms with Gasteiger partial charge in [0.2, 0.25) is 0 Å². The summed E-state index contributed by atoms with van der Waals surface area (Å²) in [6.07, 6.45) is 3.64. The van der Waals surface area contributed by atoms with Crippen LogP contribution < -0.4 is 0 Å². The molecule has 2 heterocycles. The average molecular weight is 247 g/mol. The Kier molecular flexibility index (Phi) is 2.14. The van der Waals surface area contributed by atoms with E-state index in [2.05, 4.69) is 22.1 Å². The first-order valence-electron chi connectivity index (χ1n) is 6.10. The fraction of sp³-hybridized carbons (Fsp3) is 0. The van der Waals surface area contributed by atoms with Crippen LogP contribution in [0.1, 0.15) is 0 Å². The standard InChI is InChI=1S/C15H11N4/c1-3-7-14-12(5-1)16-9-18(14)11-19-10-17-13-6-2-4-8-15(13)19/h1-11H. The number of benzene rings is 2. The highest BCUT2D eigenvalue weighted by atomic mass is 15.2. The zero-order valence-corrected chi connectivity index (χ0v) is 10.1. The quantitative estimate of drug-likeness (QED) is 0.546. The van der Waals surface area contributed by atoms with E-state index in [0.29, 0.717) is 0 Å². The molecule has 0 fully saturated rings. The number of para-hydroxylation sites is 4. The van der Waals surface area contributed by atoms with E-state index in [-0.39, 0.29) is 0 Å². The molecule has 19 heavy (non-hydrogen) atoms. The Morgan fingerprint density at radius 3 is 1.68 bits per heavy atom. The number of nitrogens with zero attached hydrogens (tertiary/aromatic N) is 4. The summed E-state index contributed by atoms with van der Waals surface area (Å²) in [5.74, 6) is 0. The molecular formula is C15H11N4. The van der Waals surface area contributed by atoms with Crippen LogP contribution in [0.15, 0.2) is 61.2 Å². The van der Waals surface area contributed by atoms with Gasteiger partial charge in [-0.05, 0) is 24.3 Å². The Morgan fingerprint density at radius 2 is 1.16 bits per heavy atom. The van der Waals surface area contributed by atoms with Gasteiger partial charge in [-0.3, -0.25) is 0 Å². The van der Waals surface area contributed by atoms with Crippen molar-refractivity contribution in [3.63, 3.8) is 0 Å². The van der Waals surface area contributed by atoms with Crippen LogP contribution in [0.3, 0.4) is 0 Å². The summed E-state index contributed by atoms with van der Waals surface area (Å²) in [6.45, 7) is 1.99. The largest absolute Gasteiger partial charge is 0.305 e. The second-order valence-corrected chi connectivity index (χ2v) is 4.40. The van der Waals surface area contributed by atoms with Crippen LogP contribution in [-0.4, -0.2) is 19.1 Å². The van der Waals surface area contributed by atoms with E-state index in [1.165, 1.54) is 0 Å². The predicted octanol–water partition coefficient (Wildman–Crippen LogP) is 2.90. The first-order valence-corrected chi connectivity index (χ1v) is 6.10. The molecular weight excluding hydrogens is 236 g/mol. The molecule has 0 N–H and O–H groups in total. The van der Waals surface area contributed by atoms with Crippen molar-refractivity contribution in [1.82, 2.24) is 19.1 Å². The monoisotopic (exact) mass is 247 g/mol. The molecule has 0 spiro atoms. The first-order chi connectivity index (χ1) is 9.42. The SMILES string of the molecule is [CH](n1cnc2ccccc21)n1cnc2ccccc21. The van der Waals surface area contributed by atoms with E-state index >= 15 is 0 Å². The molecule has 0 bridgehead atoms. The van der Waals surface area contributed by atoms with Crippen LogP contribution in [0.2, 0.25) is 0 Å². The van der Waals surface area contributed by atoms with Crippen molar-refractivity contribution in [2.24, 2.45) is 0 Å². The first kappa shape index (κ1) is 10.3. The number of imidazole rings is 2. The van der Waals surface area contributed by atoms with Gasteiger partial charge in [-0.1, -0.05) is 24.3 Å². The van der Waals surface area contributed by atoms with Crippen molar-refractivity contribution in [2.75, 3.05) is 0 Å². The summed E-state index contributed by atoms with van der Waals surface area (Å²) in [5.41, 5.74) is 4.15. The summed E-state index contributed by atoms with van der Waals surface area (Å²) >= 11 is 0. The van der Waals surface area contributed by atoms with Crippen LogP contribution in [-0.2, 0) is 0 Å². The lowest BCUT2D eigenvalue weighted by atomic mass is 10.3. The smallest absolute Gasteiger partial charge is 0.153 e. The van der Waals surface area contributed by atoms with Gasteiger partial charge in [0.1, 0.15) is 0 Å². The van der Waals surface area contributed by atoms with Crippen LogP contribution >= 0.6 is 0 Å². The van der Waals surface area contributed by atoms with E-state index < -0.39 is 0 Å². The fourth-order valence-electron chi connectivity index (χ4n) is 2.27. The molecule has 0 aliphatic rings. The second-order valence-electron chi connectivity index (χ2n) is 4.40. The summed E-state index contributed by atoms with van der Waals surface area (Å²) in [7, 11) is 0. The van der Waals surface area contributed by atoms with E-state index in [9.17, 15) is 0 Å². The predicted molar refractivity (Wildman–Crippen MR) is 74.6 cm³/mol. The Labute approximate surface area is 109 Å². The van der Waals surface area contributed by atoms with E-state index in [1.807, 2.05) is 64.9 Å². The number of hydrogen-bond donors (Lipinski definition) is 0. The van der Waals surface area contributed by atoms with Gasteiger partial charge < -0.3 is 9.13 Å². The number of aromatic nitrogens is 4. The van der Waals surface area contributed by atoms with Crippen LogP contribution in [0.4, 0.5) is 0 Å². The highest BCUT2D eigenvalue weighted by Crippen LogP contribution is 2.16. The van der Waals surface area contributed by atoms with Gasteiger partial charge >= 0.3 is 0 Å². The lowest BCUT2D eigenvalue weighted by Crippen LogP contribution is -2.02. The summed E-state index contributed by atoms with van der Waals surface area (Å²) in [6, 6.07) is 16.1. The van der Waals surface area contributed by atoms with E-state index in [0.717, 1.165) is 22.1 Å². The zero-order chi connectivity index (χ0) is 12.7. The molecule has 4 aromatic rings. The van der Waals surface area contributed by atoms with Crippen LogP contribution in [0.25, 0.3) is 22.1 Å². The highest BCUT2D eigenvalue weighted by molar-refractivity contribution is 5.77. The van der Waals surface area contributed by atoms with Crippen molar-refractivity contribution in [3.8, 4) is 0 Å². The Balaban J connectivity index is 1.82. The summed E-state index contributed by atoms with van der Waals surface area (Å²) in [5, 5.41) is 0. The van der Waals surface area contributed by atoms with Gasteiger partial charge in [-0.15, -0.1) is 0 Å². The third-order valence-corrected chi connectivity index (χ3v) is 3.21. The molecule has 4 rings (SSSR count). The molecule has 4 nitrogen and oxygen atoms in total. The topological polar surface area (TPSA) is 35.6 Å². The van der Waals surface area contributed by atoms with Crippen LogP contribution in [0, 0.1) is 6.67 Å². The Morgan fingerprint density at radius 1 is 0.684 bits per heavy atom. The highest BCUT2D eigenvalue weighted by Gasteiger charge is 2.05. The second kappa shape index (κ2) is 3.95.